The van der Waals surface area contributed by atoms with Crippen molar-refractivity contribution in [1.82, 2.24) is 9.97 Å². The van der Waals surface area contributed by atoms with Crippen LogP contribution in [-0.4, -0.2) is 34.8 Å². The van der Waals surface area contributed by atoms with Gasteiger partial charge in [-0.1, -0.05) is 0 Å². The van der Waals surface area contributed by atoms with Crippen molar-refractivity contribution < 1.29 is 9.50 Å². The van der Waals surface area contributed by atoms with E-state index in [-0.39, 0.29) is 6.10 Å². The van der Waals surface area contributed by atoms with E-state index >= 15 is 0 Å². The van der Waals surface area contributed by atoms with Gasteiger partial charge in [-0.25, -0.2) is 9.97 Å². The molecular weight excluding hydrogens is 185 g/mol. The normalized spacial score (nSPS) is 12.6. The molecule has 1 heterocycles. The van der Waals surface area contributed by atoms with Crippen LogP contribution in [0.4, 0.5) is 10.2 Å². The maximum absolute atomic E-state index is 12.7. The van der Waals surface area contributed by atoms with Gasteiger partial charge < -0.3 is 10.0 Å². The molecule has 78 valence electrons. The van der Waals surface area contributed by atoms with E-state index in [1.54, 1.807) is 18.9 Å². The molecule has 1 aromatic rings. The Kier molecular flexibility index (Phi) is 3.76. The fourth-order valence-corrected chi connectivity index (χ4v) is 1.03. The second-order valence-electron chi connectivity index (χ2n) is 3.26. The zero-order chi connectivity index (χ0) is 10.6. The number of hydrogen-bond acceptors (Lipinski definition) is 4. The van der Waals surface area contributed by atoms with Gasteiger partial charge in [0, 0.05) is 19.7 Å². The lowest BCUT2D eigenvalue weighted by molar-refractivity contribution is 0.187. The van der Waals surface area contributed by atoms with Crippen molar-refractivity contribution in [2.24, 2.45) is 0 Å². The molecule has 0 aliphatic rings. The SMILES string of the molecule is CC(O)CCN(C)c1cc(F)ncn1. The second kappa shape index (κ2) is 4.85. The first-order valence-corrected chi connectivity index (χ1v) is 4.46. The Bertz CT molecular complexity index is 293. The number of aromatic nitrogens is 2. The molecule has 1 rings (SSSR count). The topological polar surface area (TPSA) is 49.2 Å². The Balaban J connectivity index is 2.56. The summed E-state index contributed by atoms with van der Waals surface area (Å²) in [4.78, 5) is 9.05. The summed E-state index contributed by atoms with van der Waals surface area (Å²) in [5, 5.41) is 9.07. The molecule has 1 aromatic heterocycles. The van der Waals surface area contributed by atoms with Gasteiger partial charge >= 0.3 is 0 Å². The maximum Gasteiger partial charge on any atom is 0.218 e. The van der Waals surface area contributed by atoms with Crippen LogP contribution in [0.5, 0.6) is 0 Å². The predicted molar refractivity (Wildman–Crippen MR) is 51.6 cm³/mol. The Morgan fingerprint density at radius 3 is 2.86 bits per heavy atom. The monoisotopic (exact) mass is 199 g/mol. The van der Waals surface area contributed by atoms with Gasteiger partial charge in [-0.05, 0) is 13.3 Å². The summed E-state index contributed by atoms with van der Waals surface area (Å²) in [5.41, 5.74) is 0. The largest absolute Gasteiger partial charge is 0.393 e. The molecule has 0 saturated carbocycles. The third-order valence-corrected chi connectivity index (χ3v) is 1.89. The van der Waals surface area contributed by atoms with Crippen LogP contribution >= 0.6 is 0 Å². The van der Waals surface area contributed by atoms with Crippen LogP contribution in [0.25, 0.3) is 0 Å². The van der Waals surface area contributed by atoms with Crippen LogP contribution in [0.2, 0.25) is 0 Å². The molecule has 0 aliphatic carbocycles. The molecule has 0 saturated heterocycles. The van der Waals surface area contributed by atoms with Crippen LogP contribution in [0, 0.1) is 5.95 Å². The molecule has 0 amide bonds. The van der Waals surface area contributed by atoms with Crippen molar-refractivity contribution >= 4 is 5.82 Å². The van der Waals surface area contributed by atoms with Crippen LogP contribution in [-0.2, 0) is 0 Å². The average Bonchev–Trinajstić information content (AvgIpc) is 2.14. The maximum atomic E-state index is 12.7. The number of aliphatic hydroxyl groups is 1. The quantitative estimate of drug-likeness (QED) is 0.729. The average molecular weight is 199 g/mol. The molecule has 1 atom stereocenters. The van der Waals surface area contributed by atoms with Crippen molar-refractivity contribution in [2.45, 2.75) is 19.4 Å². The summed E-state index contributed by atoms with van der Waals surface area (Å²) in [6, 6.07) is 1.27. The third kappa shape index (κ3) is 3.26. The van der Waals surface area contributed by atoms with Crippen molar-refractivity contribution in [2.75, 3.05) is 18.5 Å². The highest BCUT2D eigenvalue weighted by Gasteiger charge is 2.05. The van der Waals surface area contributed by atoms with E-state index in [2.05, 4.69) is 9.97 Å². The van der Waals surface area contributed by atoms with E-state index < -0.39 is 5.95 Å². The molecule has 1 N–H and O–H groups in total. The van der Waals surface area contributed by atoms with Gasteiger partial charge in [0.05, 0.1) is 6.10 Å². The highest BCUT2D eigenvalue weighted by Crippen LogP contribution is 2.08. The fraction of sp³-hybridized carbons (Fsp3) is 0.556. The minimum atomic E-state index is -0.543. The van der Waals surface area contributed by atoms with E-state index in [9.17, 15) is 4.39 Å². The van der Waals surface area contributed by atoms with Gasteiger partial charge in [0.2, 0.25) is 5.95 Å². The first kappa shape index (κ1) is 10.8. The summed E-state index contributed by atoms with van der Waals surface area (Å²) in [6.07, 6.45) is 1.45. The van der Waals surface area contributed by atoms with Gasteiger partial charge in [-0.3, -0.25) is 0 Å². The van der Waals surface area contributed by atoms with Crippen LogP contribution in [0.3, 0.4) is 0 Å². The van der Waals surface area contributed by atoms with Crippen molar-refractivity contribution in [1.29, 1.82) is 0 Å². The van der Waals surface area contributed by atoms with E-state index in [1.807, 2.05) is 0 Å². The number of anilines is 1. The van der Waals surface area contributed by atoms with Crippen molar-refractivity contribution in [3.05, 3.63) is 18.3 Å². The summed E-state index contributed by atoms with van der Waals surface area (Å²) in [5.74, 6) is -0.0166. The number of rotatable bonds is 4. The minimum Gasteiger partial charge on any atom is -0.393 e. The molecule has 5 heteroatoms. The van der Waals surface area contributed by atoms with Crippen LogP contribution in [0.1, 0.15) is 13.3 Å². The molecule has 0 spiro atoms. The first-order valence-electron chi connectivity index (χ1n) is 4.46. The Hall–Kier alpha value is -1.23. The zero-order valence-corrected chi connectivity index (χ0v) is 8.31. The standard InChI is InChI=1S/C9H14FN3O/c1-7(14)3-4-13(2)9-5-8(10)11-6-12-9/h5-7,14H,3-4H2,1-2H3. The van der Waals surface area contributed by atoms with Crippen molar-refractivity contribution in [3.8, 4) is 0 Å². The second-order valence-corrected chi connectivity index (χ2v) is 3.26. The van der Waals surface area contributed by atoms with Crippen LogP contribution in [0.15, 0.2) is 12.4 Å². The summed E-state index contributed by atoms with van der Waals surface area (Å²) < 4.78 is 12.7. The van der Waals surface area contributed by atoms with Crippen molar-refractivity contribution in [3.63, 3.8) is 0 Å². The summed E-state index contributed by atoms with van der Waals surface area (Å²) >= 11 is 0. The number of aliphatic hydroxyl groups excluding tert-OH is 1. The number of halogens is 1. The fourth-order valence-electron chi connectivity index (χ4n) is 1.03. The van der Waals surface area contributed by atoms with E-state index in [0.29, 0.717) is 18.8 Å². The molecule has 0 aromatic carbocycles. The Morgan fingerprint density at radius 1 is 1.57 bits per heavy atom. The molecule has 0 aliphatic heterocycles. The number of nitrogens with zero attached hydrogens (tertiary/aromatic N) is 3. The summed E-state index contributed by atoms with van der Waals surface area (Å²) in [6.45, 7) is 2.35. The van der Waals surface area contributed by atoms with Gasteiger partial charge in [-0.2, -0.15) is 4.39 Å². The van der Waals surface area contributed by atoms with Gasteiger partial charge in [0.25, 0.3) is 0 Å². The molecule has 0 radical (unpaired) electrons. The van der Waals surface area contributed by atoms with E-state index in [1.165, 1.54) is 12.4 Å². The van der Waals surface area contributed by atoms with Crippen LogP contribution < -0.4 is 4.90 Å². The predicted octanol–water partition coefficient (Wildman–Crippen LogP) is 0.823. The van der Waals surface area contributed by atoms with E-state index in [4.69, 9.17) is 5.11 Å². The summed E-state index contributed by atoms with van der Waals surface area (Å²) in [7, 11) is 1.80. The lowest BCUT2D eigenvalue weighted by atomic mass is 10.3. The third-order valence-electron chi connectivity index (χ3n) is 1.89. The number of hydrogen-bond donors (Lipinski definition) is 1. The molecule has 14 heavy (non-hydrogen) atoms. The highest BCUT2D eigenvalue weighted by molar-refractivity contribution is 5.35. The molecule has 0 bridgehead atoms. The Labute approximate surface area is 82.4 Å². The minimum absolute atomic E-state index is 0.357. The first-order chi connectivity index (χ1) is 6.59. The van der Waals surface area contributed by atoms with Gasteiger partial charge in [-0.15, -0.1) is 0 Å². The molecule has 0 fully saturated rings. The lowest BCUT2D eigenvalue weighted by Gasteiger charge is -2.18. The lowest BCUT2D eigenvalue weighted by Crippen LogP contribution is -2.22. The molecular formula is C9H14FN3O. The zero-order valence-electron chi connectivity index (χ0n) is 8.31. The Morgan fingerprint density at radius 2 is 2.29 bits per heavy atom. The highest BCUT2D eigenvalue weighted by atomic mass is 19.1. The van der Waals surface area contributed by atoms with Gasteiger partial charge in [0.15, 0.2) is 0 Å². The molecule has 1 unspecified atom stereocenters. The smallest absolute Gasteiger partial charge is 0.218 e. The molecule has 4 nitrogen and oxygen atoms in total. The van der Waals surface area contributed by atoms with Gasteiger partial charge in [0.1, 0.15) is 12.1 Å². The van der Waals surface area contributed by atoms with E-state index in [0.717, 1.165) is 0 Å².